The molecular formula is C9H8F3N3O. The molecule has 1 aliphatic heterocycles. The van der Waals surface area contributed by atoms with E-state index in [9.17, 15) is 18.0 Å². The first-order valence-electron chi connectivity index (χ1n) is 4.45. The van der Waals surface area contributed by atoms with E-state index in [1.165, 1.54) is 18.5 Å². The van der Waals surface area contributed by atoms with Crippen LogP contribution in [0.1, 0.15) is 6.92 Å². The van der Waals surface area contributed by atoms with Gasteiger partial charge in [0, 0.05) is 6.20 Å². The zero-order valence-corrected chi connectivity index (χ0v) is 8.22. The maximum atomic E-state index is 12.7. The molecule has 1 amide bonds. The van der Waals surface area contributed by atoms with Crippen molar-refractivity contribution in [1.29, 1.82) is 0 Å². The van der Waals surface area contributed by atoms with Crippen molar-refractivity contribution in [2.45, 2.75) is 18.6 Å². The highest BCUT2D eigenvalue weighted by molar-refractivity contribution is 6.06. The fourth-order valence-electron chi connectivity index (χ4n) is 1.38. The summed E-state index contributed by atoms with van der Waals surface area (Å²) in [6.45, 7) is 0.797. The lowest BCUT2D eigenvalue weighted by Crippen LogP contribution is -2.60. The number of anilines is 2. The average Bonchev–Trinajstić information content (AvgIpc) is 2.18. The molecule has 2 N–H and O–H groups in total. The molecule has 0 saturated heterocycles. The molecule has 0 aliphatic carbocycles. The highest BCUT2D eigenvalue weighted by atomic mass is 19.4. The Balaban J connectivity index is 2.46. The van der Waals surface area contributed by atoms with E-state index in [1.54, 1.807) is 0 Å². The van der Waals surface area contributed by atoms with Crippen molar-refractivity contribution in [2.75, 3.05) is 10.6 Å². The highest BCUT2D eigenvalue weighted by Crippen LogP contribution is 2.39. The van der Waals surface area contributed by atoms with Crippen molar-refractivity contribution in [2.24, 2.45) is 0 Å². The SMILES string of the molecule is CC1(C(F)(F)F)Nc2ccncc2NC1=O. The summed E-state index contributed by atoms with van der Waals surface area (Å²) in [5.41, 5.74) is -2.16. The molecule has 1 aromatic heterocycles. The van der Waals surface area contributed by atoms with Gasteiger partial charge in [0.05, 0.1) is 17.6 Å². The summed E-state index contributed by atoms with van der Waals surface area (Å²) in [5, 5.41) is 4.36. The van der Waals surface area contributed by atoms with Crippen LogP contribution < -0.4 is 10.6 Å². The van der Waals surface area contributed by atoms with Crippen molar-refractivity contribution in [3.8, 4) is 0 Å². The van der Waals surface area contributed by atoms with Gasteiger partial charge in [-0.1, -0.05) is 0 Å². The second kappa shape index (κ2) is 3.10. The third kappa shape index (κ3) is 1.39. The summed E-state index contributed by atoms with van der Waals surface area (Å²) in [5.74, 6) is -1.14. The third-order valence-electron chi connectivity index (χ3n) is 2.48. The first-order chi connectivity index (χ1) is 7.34. The molecule has 2 rings (SSSR count). The molecule has 0 bridgehead atoms. The lowest BCUT2D eigenvalue weighted by atomic mass is 9.97. The monoisotopic (exact) mass is 231 g/mol. The predicted molar refractivity (Wildman–Crippen MR) is 50.9 cm³/mol. The molecule has 1 unspecified atom stereocenters. The molecule has 0 radical (unpaired) electrons. The number of amides is 1. The molecule has 0 spiro atoms. The number of aromatic nitrogens is 1. The lowest BCUT2D eigenvalue weighted by molar-refractivity contribution is -0.179. The lowest BCUT2D eigenvalue weighted by Gasteiger charge is -2.36. The maximum Gasteiger partial charge on any atom is 0.420 e. The Morgan fingerprint density at radius 2 is 2.06 bits per heavy atom. The number of nitrogens with one attached hydrogen (secondary N) is 2. The van der Waals surface area contributed by atoms with Gasteiger partial charge in [0.15, 0.2) is 0 Å². The normalized spacial score (nSPS) is 24.4. The van der Waals surface area contributed by atoms with Crippen LogP contribution >= 0.6 is 0 Å². The van der Waals surface area contributed by atoms with Crippen LogP contribution in [0.5, 0.6) is 0 Å². The van der Waals surface area contributed by atoms with Crippen molar-refractivity contribution >= 4 is 17.3 Å². The van der Waals surface area contributed by atoms with Gasteiger partial charge in [-0.05, 0) is 13.0 Å². The van der Waals surface area contributed by atoms with Gasteiger partial charge in [0.1, 0.15) is 0 Å². The van der Waals surface area contributed by atoms with Crippen molar-refractivity contribution in [1.82, 2.24) is 4.98 Å². The molecule has 1 aliphatic rings. The summed E-state index contributed by atoms with van der Waals surface area (Å²) in [6.07, 6.45) is -2.03. The molecule has 0 saturated carbocycles. The summed E-state index contributed by atoms with van der Waals surface area (Å²) >= 11 is 0. The standard InChI is InChI=1S/C9H8F3N3O/c1-8(9(10,11)12)7(16)14-6-4-13-3-2-5(6)15-8/h2-4,15H,1H3,(H,14,16). The minimum absolute atomic E-state index is 0.203. The Morgan fingerprint density at radius 1 is 1.38 bits per heavy atom. The number of carbonyl (C=O) groups excluding carboxylic acids is 1. The quantitative estimate of drug-likeness (QED) is 0.715. The van der Waals surface area contributed by atoms with Crippen molar-refractivity contribution in [3.05, 3.63) is 18.5 Å². The van der Waals surface area contributed by atoms with E-state index in [1.807, 2.05) is 0 Å². The molecule has 7 heteroatoms. The summed E-state index contributed by atoms with van der Waals surface area (Å²) in [6, 6.07) is 1.37. The number of nitrogens with zero attached hydrogens (tertiary/aromatic N) is 1. The summed E-state index contributed by atoms with van der Waals surface area (Å²) in [7, 11) is 0. The maximum absolute atomic E-state index is 12.7. The van der Waals surface area contributed by atoms with Gasteiger partial charge in [-0.2, -0.15) is 13.2 Å². The number of hydrogen-bond donors (Lipinski definition) is 2. The highest BCUT2D eigenvalue weighted by Gasteiger charge is 2.58. The van der Waals surface area contributed by atoms with E-state index in [0.29, 0.717) is 0 Å². The van der Waals surface area contributed by atoms with Crippen LogP contribution in [0.2, 0.25) is 0 Å². The first kappa shape index (κ1) is 10.7. The molecule has 1 atom stereocenters. The fraction of sp³-hybridized carbons (Fsp3) is 0.333. The number of pyridine rings is 1. The van der Waals surface area contributed by atoms with Gasteiger partial charge in [0.25, 0.3) is 5.91 Å². The molecule has 86 valence electrons. The van der Waals surface area contributed by atoms with E-state index in [0.717, 1.165) is 6.92 Å². The van der Waals surface area contributed by atoms with Gasteiger partial charge in [-0.15, -0.1) is 0 Å². The smallest absolute Gasteiger partial charge is 0.362 e. The molecule has 4 nitrogen and oxygen atoms in total. The predicted octanol–water partition coefficient (Wildman–Crippen LogP) is 1.77. The van der Waals surface area contributed by atoms with E-state index < -0.39 is 17.6 Å². The Bertz CT molecular complexity index is 446. The second-order valence-electron chi connectivity index (χ2n) is 3.62. The largest absolute Gasteiger partial charge is 0.420 e. The zero-order valence-electron chi connectivity index (χ0n) is 8.22. The number of alkyl halides is 3. The fourth-order valence-corrected chi connectivity index (χ4v) is 1.38. The van der Waals surface area contributed by atoms with Gasteiger partial charge in [-0.25, -0.2) is 0 Å². The Hall–Kier alpha value is -1.79. The molecule has 0 fully saturated rings. The van der Waals surface area contributed by atoms with Crippen LogP contribution in [0.25, 0.3) is 0 Å². The zero-order chi connectivity index (χ0) is 12.0. The minimum atomic E-state index is -4.67. The van der Waals surface area contributed by atoms with Crippen LogP contribution in [-0.4, -0.2) is 22.6 Å². The van der Waals surface area contributed by atoms with Crippen LogP contribution in [0, 0.1) is 0 Å². The van der Waals surface area contributed by atoms with E-state index >= 15 is 0 Å². The number of rotatable bonds is 0. The Kier molecular flexibility index (Phi) is 2.08. The molecule has 0 aromatic carbocycles. The van der Waals surface area contributed by atoms with Gasteiger partial charge in [-0.3, -0.25) is 9.78 Å². The number of fused-ring (bicyclic) bond motifs is 1. The van der Waals surface area contributed by atoms with Crippen LogP contribution in [0.4, 0.5) is 24.5 Å². The molecule has 2 heterocycles. The topological polar surface area (TPSA) is 54.0 Å². The molecule has 1 aromatic rings. The third-order valence-corrected chi connectivity index (χ3v) is 2.48. The van der Waals surface area contributed by atoms with Crippen molar-refractivity contribution < 1.29 is 18.0 Å². The summed E-state index contributed by atoms with van der Waals surface area (Å²) in [4.78, 5) is 15.1. The number of carbonyl (C=O) groups is 1. The minimum Gasteiger partial charge on any atom is -0.362 e. The number of halogens is 3. The van der Waals surface area contributed by atoms with E-state index in [2.05, 4.69) is 15.6 Å². The van der Waals surface area contributed by atoms with E-state index in [4.69, 9.17) is 0 Å². The van der Waals surface area contributed by atoms with Crippen LogP contribution in [-0.2, 0) is 4.79 Å². The van der Waals surface area contributed by atoms with E-state index in [-0.39, 0.29) is 11.4 Å². The molecular weight excluding hydrogens is 223 g/mol. The van der Waals surface area contributed by atoms with Crippen LogP contribution in [0.3, 0.4) is 0 Å². The molecule has 16 heavy (non-hydrogen) atoms. The van der Waals surface area contributed by atoms with Crippen molar-refractivity contribution in [3.63, 3.8) is 0 Å². The summed E-state index contributed by atoms with van der Waals surface area (Å²) < 4.78 is 38.2. The Morgan fingerprint density at radius 3 is 2.69 bits per heavy atom. The van der Waals surface area contributed by atoms with Gasteiger partial charge in [0.2, 0.25) is 5.54 Å². The first-order valence-corrected chi connectivity index (χ1v) is 4.45. The Labute approximate surface area is 88.9 Å². The number of hydrogen-bond acceptors (Lipinski definition) is 3. The second-order valence-corrected chi connectivity index (χ2v) is 3.62. The average molecular weight is 231 g/mol. The van der Waals surface area contributed by atoms with Crippen LogP contribution in [0.15, 0.2) is 18.5 Å². The van der Waals surface area contributed by atoms with Gasteiger partial charge < -0.3 is 10.6 Å². The van der Waals surface area contributed by atoms with Gasteiger partial charge >= 0.3 is 6.18 Å².